The van der Waals surface area contributed by atoms with Gasteiger partial charge in [0.05, 0.1) is 6.26 Å². The van der Waals surface area contributed by atoms with E-state index in [1.165, 1.54) is 12.3 Å². The average molecular weight is 341 g/mol. The maximum absolute atomic E-state index is 12.3. The first-order valence-electron chi connectivity index (χ1n) is 8.01. The number of anilines is 1. The van der Waals surface area contributed by atoms with Gasteiger partial charge in [0.15, 0.2) is 5.76 Å². The molecule has 2 aromatic heterocycles. The molecule has 0 radical (unpaired) electrons. The molecule has 130 valence electrons. The van der Waals surface area contributed by atoms with Gasteiger partial charge in [-0.1, -0.05) is 0 Å². The van der Waals surface area contributed by atoms with Crippen LogP contribution in [0, 0.1) is 0 Å². The zero-order valence-corrected chi connectivity index (χ0v) is 13.7. The Hall–Kier alpha value is -3.16. The molecule has 0 bridgehead atoms. The summed E-state index contributed by atoms with van der Waals surface area (Å²) in [5.41, 5.74) is 6.13. The van der Waals surface area contributed by atoms with E-state index in [-0.39, 0.29) is 17.8 Å². The van der Waals surface area contributed by atoms with Gasteiger partial charge >= 0.3 is 0 Å². The third kappa shape index (κ3) is 4.23. The van der Waals surface area contributed by atoms with Crippen LogP contribution in [0.5, 0.6) is 0 Å². The van der Waals surface area contributed by atoms with Gasteiger partial charge in [-0.15, -0.1) is 0 Å². The molecule has 0 unspecified atom stereocenters. The monoisotopic (exact) mass is 341 g/mol. The highest BCUT2D eigenvalue weighted by Crippen LogP contribution is 2.10. The number of nitrogen functional groups attached to an aromatic ring is 1. The highest BCUT2D eigenvalue weighted by Gasteiger charge is 2.23. The summed E-state index contributed by atoms with van der Waals surface area (Å²) in [4.78, 5) is 35.9. The Bertz CT molecular complexity index is 755. The van der Waals surface area contributed by atoms with Crippen molar-refractivity contribution in [2.45, 2.75) is 6.42 Å². The van der Waals surface area contributed by atoms with E-state index < -0.39 is 0 Å². The minimum Gasteiger partial charge on any atom is -0.459 e. The van der Waals surface area contributed by atoms with Crippen LogP contribution in [-0.4, -0.2) is 57.8 Å². The van der Waals surface area contributed by atoms with Gasteiger partial charge in [0.25, 0.3) is 5.91 Å². The van der Waals surface area contributed by atoms with Crippen LogP contribution in [0.4, 0.5) is 5.95 Å². The third-order valence-electron chi connectivity index (χ3n) is 3.94. The van der Waals surface area contributed by atoms with Crippen molar-refractivity contribution in [3.05, 3.63) is 48.2 Å². The first-order valence-corrected chi connectivity index (χ1v) is 8.01. The van der Waals surface area contributed by atoms with Crippen molar-refractivity contribution in [1.82, 2.24) is 19.8 Å². The van der Waals surface area contributed by atoms with Gasteiger partial charge in [-0.3, -0.25) is 9.59 Å². The SMILES string of the molecule is Nc1ncc(C=CC(=O)N2CCCN(C(=O)c3ccco3)CC2)cn1. The van der Waals surface area contributed by atoms with E-state index in [2.05, 4.69) is 9.97 Å². The number of nitrogens with zero attached hydrogens (tertiary/aromatic N) is 4. The van der Waals surface area contributed by atoms with Gasteiger partial charge in [-0.05, 0) is 24.6 Å². The molecule has 0 spiro atoms. The molecule has 1 fully saturated rings. The smallest absolute Gasteiger partial charge is 0.289 e. The summed E-state index contributed by atoms with van der Waals surface area (Å²) in [6.45, 7) is 2.15. The highest BCUT2D eigenvalue weighted by atomic mass is 16.3. The fourth-order valence-corrected chi connectivity index (χ4v) is 2.60. The summed E-state index contributed by atoms with van der Waals surface area (Å²) in [7, 11) is 0. The van der Waals surface area contributed by atoms with Gasteiger partial charge in [-0.2, -0.15) is 0 Å². The zero-order valence-electron chi connectivity index (χ0n) is 13.7. The topological polar surface area (TPSA) is 106 Å². The summed E-state index contributed by atoms with van der Waals surface area (Å²) < 4.78 is 5.16. The van der Waals surface area contributed by atoms with Crippen molar-refractivity contribution in [3.63, 3.8) is 0 Å². The molecule has 1 saturated heterocycles. The predicted molar refractivity (Wildman–Crippen MR) is 91.3 cm³/mol. The van der Waals surface area contributed by atoms with Crippen molar-refractivity contribution >= 4 is 23.8 Å². The first kappa shape index (κ1) is 16.7. The first-order chi connectivity index (χ1) is 12.1. The number of aromatic nitrogens is 2. The second kappa shape index (κ2) is 7.61. The van der Waals surface area contributed by atoms with Crippen molar-refractivity contribution in [2.24, 2.45) is 0 Å². The largest absolute Gasteiger partial charge is 0.459 e. The second-order valence-electron chi connectivity index (χ2n) is 5.66. The number of carbonyl (C=O) groups is 2. The normalized spacial score (nSPS) is 15.4. The number of hydrogen-bond donors (Lipinski definition) is 1. The third-order valence-corrected chi connectivity index (χ3v) is 3.94. The van der Waals surface area contributed by atoms with Crippen LogP contribution in [-0.2, 0) is 4.79 Å². The molecule has 0 aromatic carbocycles. The lowest BCUT2D eigenvalue weighted by molar-refractivity contribution is -0.125. The molecular formula is C17H19N5O3. The van der Waals surface area contributed by atoms with Gasteiger partial charge in [0, 0.05) is 50.2 Å². The van der Waals surface area contributed by atoms with Crippen LogP contribution < -0.4 is 5.73 Å². The van der Waals surface area contributed by atoms with Crippen molar-refractivity contribution in [3.8, 4) is 0 Å². The Morgan fingerprint density at radius 2 is 1.84 bits per heavy atom. The van der Waals surface area contributed by atoms with E-state index in [1.54, 1.807) is 40.4 Å². The second-order valence-corrected chi connectivity index (χ2v) is 5.66. The Labute approximate surface area is 144 Å². The molecule has 1 aliphatic heterocycles. The molecule has 25 heavy (non-hydrogen) atoms. The zero-order chi connectivity index (χ0) is 17.6. The molecule has 1 aliphatic rings. The number of hydrogen-bond acceptors (Lipinski definition) is 6. The Kier molecular flexibility index (Phi) is 5.08. The van der Waals surface area contributed by atoms with Crippen molar-refractivity contribution < 1.29 is 14.0 Å². The molecule has 2 amide bonds. The molecule has 0 saturated carbocycles. The van der Waals surface area contributed by atoms with Crippen LogP contribution >= 0.6 is 0 Å². The van der Waals surface area contributed by atoms with Crippen LogP contribution in [0.3, 0.4) is 0 Å². The molecule has 2 aromatic rings. The fourth-order valence-electron chi connectivity index (χ4n) is 2.60. The van der Waals surface area contributed by atoms with Gasteiger partial charge in [0.1, 0.15) is 0 Å². The molecular weight excluding hydrogens is 322 g/mol. The maximum atomic E-state index is 12.3. The van der Waals surface area contributed by atoms with Crippen molar-refractivity contribution in [2.75, 3.05) is 31.9 Å². The minimum atomic E-state index is -0.145. The molecule has 3 rings (SSSR count). The number of carbonyl (C=O) groups excluding carboxylic acids is 2. The summed E-state index contributed by atoms with van der Waals surface area (Å²) >= 11 is 0. The van der Waals surface area contributed by atoms with Gasteiger partial charge in [-0.25, -0.2) is 9.97 Å². The van der Waals surface area contributed by atoms with Gasteiger partial charge < -0.3 is 20.0 Å². The summed E-state index contributed by atoms with van der Waals surface area (Å²) in [6, 6.07) is 3.33. The predicted octanol–water partition coefficient (Wildman–Crippen LogP) is 1.04. The Morgan fingerprint density at radius 1 is 1.12 bits per heavy atom. The lowest BCUT2D eigenvalue weighted by Crippen LogP contribution is -2.36. The molecule has 8 heteroatoms. The Morgan fingerprint density at radius 3 is 2.56 bits per heavy atom. The van der Waals surface area contributed by atoms with Crippen LogP contribution in [0.25, 0.3) is 6.08 Å². The maximum Gasteiger partial charge on any atom is 0.289 e. The fraction of sp³-hybridized carbons (Fsp3) is 0.294. The van der Waals surface area contributed by atoms with Crippen LogP contribution in [0.1, 0.15) is 22.5 Å². The lowest BCUT2D eigenvalue weighted by atomic mass is 10.3. The molecule has 0 aliphatic carbocycles. The summed E-state index contributed by atoms with van der Waals surface area (Å²) in [6.07, 6.45) is 8.44. The summed E-state index contributed by atoms with van der Waals surface area (Å²) in [5, 5.41) is 0. The van der Waals surface area contributed by atoms with Crippen molar-refractivity contribution in [1.29, 1.82) is 0 Å². The van der Waals surface area contributed by atoms with E-state index in [0.717, 1.165) is 6.42 Å². The van der Waals surface area contributed by atoms with Crippen LogP contribution in [0.15, 0.2) is 41.3 Å². The number of nitrogens with two attached hydrogens (primary N) is 1. The molecule has 3 heterocycles. The van der Waals surface area contributed by atoms with Crippen LogP contribution in [0.2, 0.25) is 0 Å². The van der Waals surface area contributed by atoms with E-state index in [0.29, 0.717) is 37.5 Å². The summed E-state index contributed by atoms with van der Waals surface area (Å²) in [5.74, 6) is 0.262. The quantitative estimate of drug-likeness (QED) is 0.836. The number of furan rings is 1. The number of amides is 2. The number of rotatable bonds is 3. The average Bonchev–Trinajstić information content (AvgIpc) is 3.05. The minimum absolute atomic E-state index is 0.107. The van der Waals surface area contributed by atoms with Gasteiger partial charge in [0.2, 0.25) is 11.9 Å². The molecule has 0 atom stereocenters. The molecule has 2 N–H and O–H groups in total. The Balaban J connectivity index is 1.58. The van der Waals surface area contributed by atoms with E-state index >= 15 is 0 Å². The van der Waals surface area contributed by atoms with E-state index in [9.17, 15) is 9.59 Å². The highest BCUT2D eigenvalue weighted by molar-refractivity contribution is 5.92. The lowest BCUT2D eigenvalue weighted by Gasteiger charge is -2.20. The standard InChI is InChI=1S/C17H19N5O3/c18-17-19-11-13(12-20-17)4-5-15(23)21-6-2-7-22(9-8-21)16(24)14-3-1-10-25-14/h1,3-5,10-12H,2,6-9H2,(H2,18,19,20). The van der Waals surface area contributed by atoms with E-state index in [4.69, 9.17) is 10.2 Å². The van der Waals surface area contributed by atoms with E-state index in [1.807, 2.05) is 0 Å². The molecule has 8 nitrogen and oxygen atoms in total.